The highest BCUT2D eigenvalue weighted by Gasteiger charge is 2.17. The number of carbonyl (C=O) groups is 1. The number of hydrogen-bond donors (Lipinski definition) is 2. The predicted molar refractivity (Wildman–Crippen MR) is 74.7 cm³/mol. The van der Waals surface area contributed by atoms with Crippen molar-refractivity contribution in [2.24, 2.45) is 11.7 Å². The number of pyridine rings is 1. The van der Waals surface area contributed by atoms with Crippen LogP contribution in [0.2, 0.25) is 0 Å². The predicted octanol–water partition coefficient (Wildman–Crippen LogP) is 1.72. The molecule has 1 amide bonds. The van der Waals surface area contributed by atoms with E-state index < -0.39 is 11.7 Å². The minimum Gasteiger partial charge on any atom is -0.444 e. The van der Waals surface area contributed by atoms with E-state index in [1.165, 1.54) is 0 Å². The zero-order chi connectivity index (χ0) is 14.3. The Kier molecular flexibility index (Phi) is 5.76. The standard InChI is InChI=1S/C14H23N3O2/c1-14(2,3)19-13(18)17-10-11(9-15)8-12-6-4-5-7-16-12/h4-7,11H,8-10,15H2,1-3H3,(H,17,18). The van der Waals surface area contributed by atoms with Gasteiger partial charge in [-0.15, -0.1) is 0 Å². The fourth-order valence-corrected chi connectivity index (χ4v) is 1.60. The second kappa shape index (κ2) is 7.09. The van der Waals surface area contributed by atoms with Gasteiger partial charge in [0.2, 0.25) is 0 Å². The molecule has 1 aromatic heterocycles. The van der Waals surface area contributed by atoms with Gasteiger partial charge in [0.05, 0.1) is 0 Å². The summed E-state index contributed by atoms with van der Waals surface area (Å²) in [4.78, 5) is 15.8. The summed E-state index contributed by atoms with van der Waals surface area (Å²) in [5.74, 6) is 0.155. The monoisotopic (exact) mass is 265 g/mol. The molecule has 1 rings (SSSR count). The molecule has 5 heteroatoms. The molecule has 1 unspecified atom stereocenters. The molecule has 106 valence electrons. The molecule has 3 N–H and O–H groups in total. The van der Waals surface area contributed by atoms with E-state index >= 15 is 0 Å². The van der Waals surface area contributed by atoms with E-state index in [9.17, 15) is 4.79 Å². The SMILES string of the molecule is CC(C)(C)OC(=O)NCC(CN)Cc1ccccn1. The van der Waals surface area contributed by atoms with Crippen molar-refractivity contribution in [2.75, 3.05) is 13.1 Å². The van der Waals surface area contributed by atoms with E-state index in [4.69, 9.17) is 10.5 Å². The molecule has 1 aromatic rings. The largest absolute Gasteiger partial charge is 0.444 e. The van der Waals surface area contributed by atoms with E-state index in [1.807, 2.05) is 39.0 Å². The van der Waals surface area contributed by atoms with Crippen molar-refractivity contribution in [3.8, 4) is 0 Å². The first-order valence-electron chi connectivity index (χ1n) is 6.47. The summed E-state index contributed by atoms with van der Waals surface area (Å²) >= 11 is 0. The van der Waals surface area contributed by atoms with Gasteiger partial charge in [-0.05, 0) is 51.8 Å². The molecule has 19 heavy (non-hydrogen) atoms. The van der Waals surface area contributed by atoms with Crippen LogP contribution in [0.1, 0.15) is 26.5 Å². The molecule has 0 saturated carbocycles. The molecule has 0 fully saturated rings. The number of aromatic nitrogens is 1. The van der Waals surface area contributed by atoms with Crippen LogP contribution in [0.15, 0.2) is 24.4 Å². The Bertz CT molecular complexity index is 387. The molecule has 0 radical (unpaired) electrons. The number of rotatable bonds is 5. The molecule has 5 nitrogen and oxygen atoms in total. The molecule has 1 heterocycles. The van der Waals surface area contributed by atoms with Crippen molar-refractivity contribution >= 4 is 6.09 Å². The van der Waals surface area contributed by atoms with Crippen LogP contribution in [0.3, 0.4) is 0 Å². The first-order valence-corrected chi connectivity index (χ1v) is 6.47. The van der Waals surface area contributed by atoms with Gasteiger partial charge in [0.1, 0.15) is 5.60 Å². The summed E-state index contributed by atoms with van der Waals surface area (Å²) < 4.78 is 5.18. The van der Waals surface area contributed by atoms with Crippen LogP contribution in [0.4, 0.5) is 4.79 Å². The molecule has 0 saturated heterocycles. The third-order valence-corrected chi connectivity index (χ3v) is 2.49. The second-order valence-corrected chi connectivity index (χ2v) is 5.51. The minimum absolute atomic E-state index is 0.155. The quantitative estimate of drug-likeness (QED) is 0.850. The Morgan fingerprint density at radius 1 is 1.47 bits per heavy atom. The third-order valence-electron chi connectivity index (χ3n) is 2.49. The summed E-state index contributed by atoms with van der Waals surface area (Å²) in [5.41, 5.74) is 6.21. The van der Waals surface area contributed by atoms with Gasteiger partial charge >= 0.3 is 6.09 Å². The number of nitrogens with zero attached hydrogens (tertiary/aromatic N) is 1. The Hall–Kier alpha value is -1.62. The lowest BCUT2D eigenvalue weighted by atomic mass is 10.0. The van der Waals surface area contributed by atoms with Crippen molar-refractivity contribution < 1.29 is 9.53 Å². The maximum Gasteiger partial charge on any atom is 0.407 e. The van der Waals surface area contributed by atoms with Crippen LogP contribution in [0.5, 0.6) is 0 Å². The molecule has 0 aliphatic heterocycles. The van der Waals surface area contributed by atoms with Crippen LogP contribution in [0, 0.1) is 5.92 Å². The van der Waals surface area contributed by atoms with Crippen LogP contribution in [-0.4, -0.2) is 29.8 Å². The zero-order valence-electron chi connectivity index (χ0n) is 11.8. The van der Waals surface area contributed by atoms with Gasteiger partial charge in [-0.25, -0.2) is 4.79 Å². The van der Waals surface area contributed by atoms with Gasteiger partial charge in [-0.3, -0.25) is 4.98 Å². The van der Waals surface area contributed by atoms with Crippen LogP contribution >= 0.6 is 0 Å². The van der Waals surface area contributed by atoms with Gasteiger partial charge in [-0.2, -0.15) is 0 Å². The lowest BCUT2D eigenvalue weighted by Gasteiger charge is -2.21. The van der Waals surface area contributed by atoms with E-state index in [2.05, 4.69) is 10.3 Å². The molecule has 0 bridgehead atoms. The highest BCUT2D eigenvalue weighted by Crippen LogP contribution is 2.08. The number of alkyl carbamates (subject to hydrolysis) is 1. The van der Waals surface area contributed by atoms with Crippen molar-refractivity contribution in [3.63, 3.8) is 0 Å². The van der Waals surface area contributed by atoms with E-state index in [0.717, 1.165) is 12.1 Å². The lowest BCUT2D eigenvalue weighted by Crippen LogP contribution is -2.37. The van der Waals surface area contributed by atoms with E-state index in [-0.39, 0.29) is 5.92 Å². The lowest BCUT2D eigenvalue weighted by molar-refractivity contribution is 0.0519. The Morgan fingerprint density at radius 3 is 2.74 bits per heavy atom. The molecule has 0 aliphatic carbocycles. The molecule has 0 aliphatic rings. The topological polar surface area (TPSA) is 77.2 Å². The molecular formula is C14H23N3O2. The number of hydrogen-bond acceptors (Lipinski definition) is 4. The van der Waals surface area contributed by atoms with Crippen molar-refractivity contribution in [2.45, 2.75) is 32.8 Å². The molecule has 0 aromatic carbocycles. The highest BCUT2D eigenvalue weighted by molar-refractivity contribution is 5.67. The molecule has 0 spiro atoms. The number of carbonyl (C=O) groups excluding carboxylic acids is 1. The highest BCUT2D eigenvalue weighted by atomic mass is 16.6. The van der Waals surface area contributed by atoms with Gasteiger partial charge in [0.25, 0.3) is 0 Å². The first-order chi connectivity index (χ1) is 8.90. The van der Waals surface area contributed by atoms with Gasteiger partial charge in [-0.1, -0.05) is 6.07 Å². The van der Waals surface area contributed by atoms with Gasteiger partial charge < -0.3 is 15.8 Å². The average Bonchev–Trinajstić information content (AvgIpc) is 2.33. The zero-order valence-corrected chi connectivity index (χ0v) is 11.8. The first kappa shape index (κ1) is 15.4. The van der Waals surface area contributed by atoms with Gasteiger partial charge in [0, 0.05) is 18.4 Å². The summed E-state index contributed by atoms with van der Waals surface area (Å²) in [5, 5.41) is 2.74. The van der Waals surface area contributed by atoms with Crippen molar-refractivity contribution in [1.82, 2.24) is 10.3 Å². The summed E-state index contributed by atoms with van der Waals surface area (Å²) in [6.07, 6.45) is 2.09. The normalized spacial score (nSPS) is 12.8. The number of ether oxygens (including phenoxy) is 1. The third kappa shape index (κ3) is 6.76. The summed E-state index contributed by atoms with van der Waals surface area (Å²) in [6, 6.07) is 5.77. The molecular weight excluding hydrogens is 242 g/mol. The Balaban J connectivity index is 2.39. The van der Waals surface area contributed by atoms with Crippen LogP contribution in [-0.2, 0) is 11.2 Å². The fourth-order valence-electron chi connectivity index (χ4n) is 1.60. The Morgan fingerprint density at radius 2 is 2.21 bits per heavy atom. The summed E-state index contributed by atoms with van der Waals surface area (Å²) in [6.45, 7) is 6.48. The van der Waals surface area contributed by atoms with E-state index in [1.54, 1.807) is 6.20 Å². The van der Waals surface area contributed by atoms with Crippen molar-refractivity contribution in [3.05, 3.63) is 30.1 Å². The number of nitrogens with two attached hydrogens (primary N) is 1. The Labute approximate surface area is 114 Å². The number of amides is 1. The van der Waals surface area contributed by atoms with Gasteiger partial charge in [0.15, 0.2) is 0 Å². The average molecular weight is 265 g/mol. The van der Waals surface area contributed by atoms with E-state index in [0.29, 0.717) is 13.1 Å². The maximum absolute atomic E-state index is 11.5. The summed E-state index contributed by atoms with van der Waals surface area (Å²) in [7, 11) is 0. The van der Waals surface area contributed by atoms with Crippen molar-refractivity contribution in [1.29, 1.82) is 0 Å². The minimum atomic E-state index is -0.483. The fraction of sp³-hybridized carbons (Fsp3) is 0.571. The smallest absolute Gasteiger partial charge is 0.407 e. The number of nitrogens with one attached hydrogen (secondary N) is 1. The maximum atomic E-state index is 11.5. The van der Waals surface area contributed by atoms with Crippen LogP contribution < -0.4 is 11.1 Å². The second-order valence-electron chi connectivity index (χ2n) is 5.51. The molecule has 1 atom stereocenters. The van der Waals surface area contributed by atoms with Crippen LogP contribution in [0.25, 0.3) is 0 Å².